The summed E-state index contributed by atoms with van der Waals surface area (Å²) in [5, 5.41) is 8.23. The van der Waals surface area contributed by atoms with Gasteiger partial charge < -0.3 is 9.68 Å². The Morgan fingerprint density at radius 3 is 2.45 bits per heavy atom. The minimum absolute atomic E-state index is 0.498. The molecule has 1 N–H and O–H groups in total. The van der Waals surface area contributed by atoms with E-state index in [-0.39, 0.29) is 0 Å². The Morgan fingerprint density at radius 2 is 2.00 bits per heavy atom. The second-order valence-electron chi connectivity index (χ2n) is 1.91. The van der Waals surface area contributed by atoms with Gasteiger partial charge in [-0.15, -0.1) is 0 Å². The number of aldehydes is 1. The minimum atomic E-state index is 0.498. The van der Waals surface area contributed by atoms with Crippen LogP contribution in [0, 0.1) is 0 Å². The van der Waals surface area contributed by atoms with Crippen LogP contribution in [0.1, 0.15) is 10.4 Å². The molecule has 1 radical (unpaired) electrons. The normalized spacial score (nSPS) is 8.82. The maximum absolute atomic E-state index is 10.2. The molecule has 11 heavy (non-hydrogen) atoms. The third-order valence-electron chi connectivity index (χ3n) is 1.20. The van der Waals surface area contributed by atoms with E-state index < -0.39 is 0 Å². The summed E-state index contributed by atoms with van der Waals surface area (Å²) in [7, 11) is 0.593. The standard InChI is InChI=1S/C7H6BO3/c9-5-6-1-3-7(4-2-6)11-8-10/h1-5,10H. The maximum atomic E-state index is 10.2. The van der Waals surface area contributed by atoms with Gasteiger partial charge in [0.2, 0.25) is 0 Å². The Morgan fingerprint density at radius 1 is 1.36 bits per heavy atom. The van der Waals surface area contributed by atoms with E-state index in [0.29, 0.717) is 19.0 Å². The first-order valence-electron chi connectivity index (χ1n) is 3.04. The molecule has 0 aliphatic carbocycles. The third kappa shape index (κ3) is 2.09. The Hall–Kier alpha value is -1.29. The highest BCUT2D eigenvalue weighted by atomic mass is 16.5. The van der Waals surface area contributed by atoms with E-state index in [4.69, 9.17) is 5.02 Å². The van der Waals surface area contributed by atoms with Gasteiger partial charge >= 0.3 is 7.69 Å². The predicted molar refractivity (Wildman–Crippen MR) is 40.4 cm³/mol. The highest BCUT2D eigenvalue weighted by Crippen LogP contribution is 2.09. The summed E-state index contributed by atoms with van der Waals surface area (Å²) < 4.78 is 4.62. The first-order chi connectivity index (χ1) is 5.36. The molecule has 0 aliphatic rings. The maximum Gasteiger partial charge on any atom is 0.569 e. The molecule has 0 heterocycles. The summed E-state index contributed by atoms with van der Waals surface area (Å²) in [5.74, 6) is 0.498. The number of rotatable bonds is 3. The van der Waals surface area contributed by atoms with Crippen molar-refractivity contribution in [2.75, 3.05) is 0 Å². The monoisotopic (exact) mass is 149 g/mol. The van der Waals surface area contributed by atoms with Gasteiger partial charge in [0.05, 0.1) is 0 Å². The first kappa shape index (κ1) is 7.82. The smallest absolute Gasteiger partial charge is 0.537 e. The third-order valence-corrected chi connectivity index (χ3v) is 1.20. The molecular formula is C7H6BO3. The summed E-state index contributed by atoms with van der Waals surface area (Å²) in [6.07, 6.45) is 0.742. The first-order valence-corrected chi connectivity index (χ1v) is 3.04. The van der Waals surface area contributed by atoms with Crippen molar-refractivity contribution in [1.82, 2.24) is 0 Å². The molecule has 1 aromatic rings. The van der Waals surface area contributed by atoms with Crippen LogP contribution in [0.25, 0.3) is 0 Å². The van der Waals surface area contributed by atoms with Gasteiger partial charge in [-0.2, -0.15) is 0 Å². The summed E-state index contributed by atoms with van der Waals surface area (Å²) in [5.41, 5.74) is 0.579. The topological polar surface area (TPSA) is 46.5 Å². The molecule has 3 nitrogen and oxygen atoms in total. The second kappa shape index (κ2) is 3.78. The van der Waals surface area contributed by atoms with E-state index in [9.17, 15) is 4.79 Å². The van der Waals surface area contributed by atoms with Crippen molar-refractivity contribution >= 4 is 14.0 Å². The molecule has 0 amide bonds. The Bertz CT molecular complexity index is 232. The van der Waals surface area contributed by atoms with Crippen molar-refractivity contribution in [3.63, 3.8) is 0 Å². The van der Waals surface area contributed by atoms with E-state index in [1.54, 1.807) is 24.3 Å². The Labute approximate surface area is 64.9 Å². The van der Waals surface area contributed by atoms with E-state index in [0.717, 1.165) is 6.29 Å². The molecule has 0 aromatic heterocycles. The zero-order valence-corrected chi connectivity index (χ0v) is 5.73. The largest absolute Gasteiger partial charge is 0.569 e. The molecule has 55 valence electrons. The fraction of sp³-hybridized carbons (Fsp3) is 0. The van der Waals surface area contributed by atoms with Crippen molar-refractivity contribution in [1.29, 1.82) is 0 Å². The lowest BCUT2D eigenvalue weighted by molar-refractivity contribution is 0.112. The lowest BCUT2D eigenvalue weighted by atomic mass is 10.2. The summed E-state index contributed by atoms with van der Waals surface area (Å²) in [4.78, 5) is 10.2. The van der Waals surface area contributed by atoms with Crippen molar-refractivity contribution in [2.45, 2.75) is 0 Å². The highest BCUT2D eigenvalue weighted by molar-refractivity contribution is 6.17. The van der Waals surface area contributed by atoms with Crippen LogP contribution < -0.4 is 4.65 Å². The van der Waals surface area contributed by atoms with E-state index in [1.165, 1.54) is 0 Å². The van der Waals surface area contributed by atoms with E-state index in [2.05, 4.69) is 4.65 Å². The quantitative estimate of drug-likeness (QED) is 0.499. The van der Waals surface area contributed by atoms with Crippen molar-refractivity contribution in [2.24, 2.45) is 0 Å². The van der Waals surface area contributed by atoms with Crippen LogP contribution in [0.15, 0.2) is 24.3 Å². The second-order valence-corrected chi connectivity index (χ2v) is 1.91. The fourth-order valence-corrected chi connectivity index (χ4v) is 0.686. The van der Waals surface area contributed by atoms with Crippen LogP contribution in [-0.2, 0) is 0 Å². The van der Waals surface area contributed by atoms with Crippen molar-refractivity contribution in [3.05, 3.63) is 29.8 Å². The van der Waals surface area contributed by atoms with Crippen LogP contribution in [0.3, 0.4) is 0 Å². The molecular weight excluding hydrogens is 143 g/mol. The van der Waals surface area contributed by atoms with Crippen LogP contribution >= 0.6 is 0 Å². The highest BCUT2D eigenvalue weighted by Gasteiger charge is 1.93. The molecule has 0 saturated carbocycles. The number of carbonyl (C=O) groups excluding carboxylic acids is 1. The van der Waals surface area contributed by atoms with Gasteiger partial charge in [-0.3, -0.25) is 4.79 Å². The number of carbonyl (C=O) groups is 1. The number of hydrogen-bond donors (Lipinski definition) is 1. The molecule has 0 fully saturated rings. The fourth-order valence-electron chi connectivity index (χ4n) is 0.686. The van der Waals surface area contributed by atoms with Gasteiger partial charge in [0.1, 0.15) is 12.0 Å². The lowest BCUT2D eigenvalue weighted by Crippen LogP contribution is -1.99. The SMILES string of the molecule is O=Cc1ccc(O[B]O)cc1. The minimum Gasteiger partial charge on any atom is -0.537 e. The molecule has 0 unspecified atom stereocenters. The molecule has 1 aromatic carbocycles. The molecule has 1 rings (SSSR count). The van der Waals surface area contributed by atoms with E-state index >= 15 is 0 Å². The van der Waals surface area contributed by atoms with Crippen LogP contribution in [0.2, 0.25) is 0 Å². The molecule has 0 bridgehead atoms. The average molecular weight is 149 g/mol. The summed E-state index contributed by atoms with van der Waals surface area (Å²) >= 11 is 0. The van der Waals surface area contributed by atoms with Crippen LogP contribution in [-0.4, -0.2) is 19.0 Å². The van der Waals surface area contributed by atoms with Crippen molar-refractivity contribution in [3.8, 4) is 5.75 Å². The molecule has 4 heteroatoms. The van der Waals surface area contributed by atoms with E-state index in [1.807, 2.05) is 0 Å². The Balaban J connectivity index is 2.74. The van der Waals surface area contributed by atoms with Crippen LogP contribution in [0.5, 0.6) is 5.75 Å². The van der Waals surface area contributed by atoms with Gasteiger partial charge in [-0.1, -0.05) is 0 Å². The van der Waals surface area contributed by atoms with Crippen LogP contribution in [0.4, 0.5) is 0 Å². The van der Waals surface area contributed by atoms with Gasteiger partial charge in [0.15, 0.2) is 0 Å². The zero-order chi connectivity index (χ0) is 8.10. The van der Waals surface area contributed by atoms with Gasteiger partial charge in [-0.05, 0) is 24.3 Å². The molecule has 0 saturated heterocycles. The predicted octanol–water partition coefficient (Wildman–Crippen LogP) is 0.404. The zero-order valence-electron chi connectivity index (χ0n) is 5.73. The summed E-state index contributed by atoms with van der Waals surface area (Å²) in [6.45, 7) is 0. The number of benzene rings is 1. The molecule has 0 spiro atoms. The van der Waals surface area contributed by atoms with Gasteiger partial charge in [0.25, 0.3) is 0 Å². The molecule has 0 aliphatic heterocycles. The lowest BCUT2D eigenvalue weighted by Gasteiger charge is -1.99. The average Bonchev–Trinajstić information content (AvgIpc) is 2.07. The van der Waals surface area contributed by atoms with Gasteiger partial charge in [0, 0.05) is 5.56 Å². The van der Waals surface area contributed by atoms with Crippen molar-refractivity contribution < 1.29 is 14.5 Å². The number of hydrogen-bond acceptors (Lipinski definition) is 3. The Kier molecular flexibility index (Phi) is 2.69. The summed E-state index contributed by atoms with van der Waals surface area (Å²) in [6, 6.07) is 6.39. The van der Waals surface area contributed by atoms with Gasteiger partial charge in [-0.25, -0.2) is 0 Å². The molecule has 0 atom stereocenters.